The lowest BCUT2D eigenvalue weighted by Crippen LogP contribution is -2.72. The molecule has 8 heteroatoms. The Kier molecular flexibility index (Phi) is 10.9. The molecule has 0 spiro atoms. The average molecular weight is 605 g/mol. The zero-order valence-electron chi connectivity index (χ0n) is 24.6. The van der Waals surface area contributed by atoms with E-state index in [2.05, 4.69) is 0 Å². The van der Waals surface area contributed by atoms with E-state index >= 15 is 8.78 Å². The summed E-state index contributed by atoms with van der Waals surface area (Å²) in [5.74, 6) is -6.78. The van der Waals surface area contributed by atoms with Crippen molar-refractivity contribution in [2.24, 2.45) is 0 Å². The summed E-state index contributed by atoms with van der Waals surface area (Å²) < 4.78 is 61.7. The molecule has 1 aliphatic rings. The van der Waals surface area contributed by atoms with Crippen molar-refractivity contribution >= 4 is 0 Å². The molecule has 1 heterocycles. The minimum absolute atomic E-state index is 0.0565. The number of benzene rings is 4. The molecule has 232 valence electrons. The van der Waals surface area contributed by atoms with Gasteiger partial charge in [-0.2, -0.15) is 0 Å². The molecule has 1 N–H and O–H groups in total. The van der Waals surface area contributed by atoms with E-state index in [1.807, 2.05) is 121 Å². The lowest BCUT2D eigenvalue weighted by molar-refractivity contribution is -0.421. The molecule has 1 fully saturated rings. The molecule has 6 nitrogen and oxygen atoms in total. The van der Waals surface area contributed by atoms with Gasteiger partial charge in [-0.3, -0.25) is 0 Å². The Hall–Kier alpha value is -3.50. The van der Waals surface area contributed by atoms with E-state index in [-0.39, 0.29) is 33.0 Å². The van der Waals surface area contributed by atoms with Crippen LogP contribution in [0, 0.1) is 0 Å². The fourth-order valence-corrected chi connectivity index (χ4v) is 5.21. The number of aliphatic hydroxyl groups is 1. The van der Waals surface area contributed by atoms with Crippen molar-refractivity contribution in [1.82, 2.24) is 0 Å². The highest BCUT2D eigenvalue weighted by molar-refractivity contribution is 5.17. The molecule has 0 unspecified atom stereocenters. The summed E-state index contributed by atoms with van der Waals surface area (Å²) in [6.07, 6.45) is -4.82. The number of hydrogen-bond donors (Lipinski definition) is 1. The van der Waals surface area contributed by atoms with E-state index in [9.17, 15) is 5.11 Å². The second kappa shape index (κ2) is 15.0. The second-order valence-electron chi connectivity index (χ2n) is 11.0. The molecule has 5 rings (SSSR count). The van der Waals surface area contributed by atoms with Crippen LogP contribution in [0.3, 0.4) is 0 Å². The Morgan fingerprint density at radius 3 is 1.43 bits per heavy atom. The number of hydrogen-bond acceptors (Lipinski definition) is 6. The van der Waals surface area contributed by atoms with Gasteiger partial charge in [0.15, 0.2) is 0 Å². The lowest BCUT2D eigenvalue weighted by Gasteiger charge is -2.51. The van der Waals surface area contributed by atoms with Crippen LogP contribution >= 0.6 is 0 Å². The summed E-state index contributed by atoms with van der Waals surface area (Å²) in [5.41, 5.74) is 3.35. The maximum Gasteiger partial charge on any atom is 0.300 e. The van der Waals surface area contributed by atoms with Gasteiger partial charge >= 0.3 is 5.92 Å². The molecule has 1 saturated heterocycles. The lowest BCUT2D eigenvalue weighted by atomic mass is 9.88. The van der Waals surface area contributed by atoms with E-state index in [0.717, 1.165) is 22.3 Å². The van der Waals surface area contributed by atoms with E-state index < -0.39 is 36.1 Å². The fourth-order valence-electron chi connectivity index (χ4n) is 5.21. The predicted molar refractivity (Wildman–Crippen MR) is 162 cm³/mol. The Balaban J connectivity index is 1.48. The van der Waals surface area contributed by atoms with Gasteiger partial charge in [-0.25, -0.2) is 8.78 Å². The van der Waals surface area contributed by atoms with Gasteiger partial charge < -0.3 is 28.8 Å². The van der Waals surface area contributed by atoms with Gasteiger partial charge in [-0.05, 0) is 22.3 Å². The first-order valence-corrected chi connectivity index (χ1v) is 14.7. The molecule has 5 atom stereocenters. The third-order valence-corrected chi connectivity index (χ3v) is 7.57. The van der Waals surface area contributed by atoms with Gasteiger partial charge in [-0.15, -0.1) is 0 Å². The first-order valence-electron chi connectivity index (χ1n) is 14.7. The van der Waals surface area contributed by atoms with Crippen molar-refractivity contribution in [1.29, 1.82) is 0 Å². The van der Waals surface area contributed by atoms with Crippen molar-refractivity contribution in [3.63, 3.8) is 0 Å². The third-order valence-electron chi connectivity index (χ3n) is 7.57. The molecule has 0 aromatic heterocycles. The van der Waals surface area contributed by atoms with Crippen LogP contribution in [0.15, 0.2) is 121 Å². The van der Waals surface area contributed by atoms with E-state index in [1.165, 1.54) is 0 Å². The monoisotopic (exact) mass is 604 g/mol. The molecule has 0 radical (unpaired) electrons. The molecule has 0 aliphatic carbocycles. The standard InChI is InChI=1S/C36H38F2O6/c1-35(37,38)36(39)34(43-25-30-20-12-5-13-21-30)33(42-24-29-18-10-4-11-19-29)32(41-23-28-16-8-3-9-17-28)31(44-36)26-40-22-27-14-6-2-7-15-27/h2-21,31-34,39H,22-26H2,1H3/t31-,32-,33+,34-,36-/m1/s1. The molecule has 0 saturated carbocycles. The maximum absolute atomic E-state index is 15.5. The molecule has 44 heavy (non-hydrogen) atoms. The molecular formula is C36H38F2O6. The van der Waals surface area contributed by atoms with Crippen LogP contribution < -0.4 is 0 Å². The zero-order valence-corrected chi connectivity index (χ0v) is 24.6. The quantitative estimate of drug-likeness (QED) is 0.173. The number of ether oxygens (including phenoxy) is 5. The Morgan fingerprint density at radius 1 is 0.614 bits per heavy atom. The summed E-state index contributed by atoms with van der Waals surface area (Å²) in [6.45, 7) is 0.874. The summed E-state index contributed by atoms with van der Waals surface area (Å²) >= 11 is 0. The van der Waals surface area contributed by atoms with Crippen molar-refractivity contribution in [2.75, 3.05) is 6.61 Å². The highest BCUT2D eigenvalue weighted by atomic mass is 19.3. The van der Waals surface area contributed by atoms with Crippen molar-refractivity contribution in [3.05, 3.63) is 144 Å². The van der Waals surface area contributed by atoms with E-state index in [1.54, 1.807) is 0 Å². The molecular weight excluding hydrogens is 566 g/mol. The molecule has 4 aromatic carbocycles. The third kappa shape index (κ3) is 8.15. The molecule has 1 aliphatic heterocycles. The van der Waals surface area contributed by atoms with E-state index in [4.69, 9.17) is 23.7 Å². The van der Waals surface area contributed by atoms with Crippen LogP contribution in [0.2, 0.25) is 0 Å². The van der Waals surface area contributed by atoms with Crippen molar-refractivity contribution in [2.45, 2.75) is 69.5 Å². The Bertz CT molecular complexity index is 1390. The normalized spacial score (nSPS) is 23.8. The van der Waals surface area contributed by atoms with Crippen LogP contribution in [-0.4, -0.2) is 47.8 Å². The SMILES string of the molecule is CC(F)(F)[C@]1(O)O[C@H](COCc2ccccc2)[C@@H](OCc2ccccc2)[C@H](OCc2ccccc2)[C@H]1OCc1ccccc1. The Labute approximate surface area is 257 Å². The smallest absolute Gasteiger partial charge is 0.300 e. The van der Waals surface area contributed by atoms with Crippen molar-refractivity contribution in [3.8, 4) is 0 Å². The van der Waals surface area contributed by atoms with Gasteiger partial charge in [0.25, 0.3) is 5.79 Å². The largest absolute Gasteiger partial charge is 0.374 e. The van der Waals surface area contributed by atoms with Gasteiger partial charge in [0.1, 0.15) is 24.4 Å². The molecule has 4 aromatic rings. The maximum atomic E-state index is 15.5. The van der Waals surface area contributed by atoms with Gasteiger partial charge in [0.2, 0.25) is 0 Å². The second-order valence-corrected chi connectivity index (χ2v) is 11.0. The van der Waals surface area contributed by atoms with Gasteiger partial charge in [0.05, 0.1) is 33.0 Å². The fraction of sp³-hybridized carbons (Fsp3) is 0.333. The van der Waals surface area contributed by atoms with Crippen LogP contribution in [0.1, 0.15) is 29.2 Å². The molecule has 0 amide bonds. The number of rotatable bonds is 14. The van der Waals surface area contributed by atoms with Crippen LogP contribution in [0.25, 0.3) is 0 Å². The van der Waals surface area contributed by atoms with Crippen LogP contribution in [0.5, 0.6) is 0 Å². The van der Waals surface area contributed by atoms with Gasteiger partial charge in [0, 0.05) is 6.92 Å². The van der Waals surface area contributed by atoms with Crippen LogP contribution in [0.4, 0.5) is 8.78 Å². The van der Waals surface area contributed by atoms with Crippen LogP contribution in [-0.2, 0) is 50.1 Å². The Morgan fingerprint density at radius 2 is 1.00 bits per heavy atom. The van der Waals surface area contributed by atoms with Crippen molar-refractivity contribution < 1.29 is 37.6 Å². The minimum Gasteiger partial charge on any atom is -0.374 e. The first-order chi connectivity index (χ1) is 21.3. The molecule has 0 bridgehead atoms. The number of halogens is 2. The summed E-state index contributed by atoms with van der Waals surface area (Å²) in [6, 6.07) is 37.5. The minimum atomic E-state index is -3.73. The summed E-state index contributed by atoms with van der Waals surface area (Å²) in [7, 11) is 0. The zero-order chi connectivity index (χ0) is 30.8. The first kappa shape index (κ1) is 31.9. The number of alkyl halides is 2. The average Bonchev–Trinajstić information content (AvgIpc) is 3.04. The van der Waals surface area contributed by atoms with E-state index in [0.29, 0.717) is 6.92 Å². The van der Waals surface area contributed by atoms with Gasteiger partial charge in [-0.1, -0.05) is 121 Å². The highest BCUT2D eigenvalue weighted by Crippen LogP contribution is 2.43. The predicted octanol–water partition coefficient (Wildman–Crippen LogP) is 6.70. The topological polar surface area (TPSA) is 66.4 Å². The summed E-state index contributed by atoms with van der Waals surface area (Å²) in [4.78, 5) is 0. The highest BCUT2D eigenvalue weighted by Gasteiger charge is 2.66. The summed E-state index contributed by atoms with van der Waals surface area (Å²) in [5, 5.41) is 11.7.